The molecule has 0 saturated heterocycles. The van der Waals surface area contributed by atoms with E-state index in [1.807, 2.05) is 0 Å². The van der Waals surface area contributed by atoms with Gasteiger partial charge in [-0.25, -0.2) is 0 Å². The molecule has 1 aliphatic rings. The number of rotatable bonds is 4. The molecule has 2 nitrogen and oxygen atoms in total. The van der Waals surface area contributed by atoms with E-state index in [9.17, 15) is 0 Å². The molecule has 1 aromatic carbocycles. The van der Waals surface area contributed by atoms with E-state index in [4.69, 9.17) is 33.2 Å². The zero-order chi connectivity index (χ0) is 11.6. The van der Waals surface area contributed by atoms with E-state index in [2.05, 4.69) is 6.07 Å². The van der Waals surface area contributed by atoms with Crippen LogP contribution in [0.3, 0.4) is 0 Å². The molecule has 1 aromatic rings. The Morgan fingerprint density at radius 2 is 2.06 bits per heavy atom. The summed E-state index contributed by atoms with van der Waals surface area (Å²) in [4.78, 5) is 0. The van der Waals surface area contributed by atoms with Crippen LogP contribution in [0.1, 0.15) is 19.3 Å². The van der Waals surface area contributed by atoms with E-state index < -0.39 is 0 Å². The lowest BCUT2D eigenvalue weighted by atomic mass is 10.1. The lowest BCUT2D eigenvalue weighted by molar-refractivity contribution is 0.237. The second kappa shape index (κ2) is 4.53. The number of benzene rings is 1. The highest BCUT2D eigenvalue weighted by Gasteiger charge is 2.43. The van der Waals surface area contributed by atoms with E-state index >= 15 is 0 Å². The number of hydrogen-bond donors (Lipinski definition) is 0. The Bertz CT molecular complexity index is 435. The van der Waals surface area contributed by atoms with Gasteiger partial charge >= 0.3 is 0 Å². The fourth-order valence-electron chi connectivity index (χ4n) is 1.52. The second-order valence-electron chi connectivity index (χ2n) is 4.20. The third kappa shape index (κ3) is 2.61. The first-order chi connectivity index (χ1) is 7.65. The van der Waals surface area contributed by atoms with Gasteiger partial charge in [0.2, 0.25) is 0 Å². The Kier molecular flexibility index (Phi) is 3.28. The average molecular weight is 256 g/mol. The third-order valence-electron chi connectivity index (χ3n) is 2.85. The normalized spacial score (nSPS) is 16.6. The molecule has 0 unspecified atom stereocenters. The molecule has 1 saturated carbocycles. The Balaban J connectivity index is 1.95. The number of nitriles is 1. The fraction of sp³-hybridized carbons (Fsp3) is 0.417. The summed E-state index contributed by atoms with van der Waals surface area (Å²) < 4.78 is 5.63. The maximum atomic E-state index is 8.68. The molecule has 0 bridgehead atoms. The monoisotopic (exact) mass is 255 g/mol. The van der Waals surface area contributed by atoms with E-state index in [0.29, 0.717) is 28.8 Å². The van der Waals surface area contributed by atoms with Crippen molar-refractivity contribution in [2.24, 2.45) is 5.41 Å². The van der Waals surface area contributed by atoms with E-state index in [1.54, 1.807) is 18.2 Å². The Labute approximate surface area is 105 Å². The molecule has 0 atom stereocenters. The van der Waals surface area contributed by atoms with Gasteiger partial charge in [-0.15, -0.1) is 0 Å². The van der Waals surface area contributed by atoms with Gasteiger partial charge in [0.05, 0.1) is 22.7 Å². The van der Waals surface area contributed by atoms with Crippen LogP contribution >= 0.6 is 23.2 Å². The molecule has 0 aliphatic heterocycles. The highest BCUT2D eigenvalue weighted by molar-refractivity contribution is 6.42. The van der Waals surface area contributed by atoms with E-state index in [1.165, 1.54) is 0 Å². The summed E-state index contributed by atoms with van der Waals surface area (Å²) in [5.41, 5.74) is 0.0842. The quantitative estimate of drug-likeness (QED) is 0.813. The summed E-state index contributed by atoms with van der Waals surface area (Å²) >= 11 is 11.7. The molecule has 0 radical (unpaired) electrons. The predicted molar refractivity (Wildman–Crippen MR) is 63.9 cm³/mol. The molecule has 2 rings (SSSR count). The van der Waals surface area contributed by atoms with Crippen LogP contribution in [-0.4, -0.2) is 6.61 Å². The van der Waals surface area contributed by atoms with Crippen LogP contribution in [0.15, 0.2) is 18.2 Å². The van der Waals surface area contributed by atoms with Crippen LogP contribution in [0, 0.1) is 16.7 Å². The first-order valence-corrected chi connectivity index (χ1v) is 5.86. The number of nitrogens with zero attached hydrogens (tertiary/aromatic N) is 1. The van der Waals surface area contributed by atoms with Gasteiger partial charge < -0.3 is 4.74 Å². The molecule has 0 amide bonds. The lowest BCUT2D eigenvalue weighted by Gasteiger charge is -2.13. The molecule has 0 heterocycles. The van der Waals surface area contributed by atoms with Crippen molar-refractivity contribution in [3.63, 3.8) is 0 Å². The molecule has 16 heavy (non-hydrogen) atoms. The van der Waals surface area contributed by atoms with Gasteiger partial charge in [0, 0.05) is 17.9 Å². The summed E-state index contributed by atoms with van der Waals surface area (Å²) in [6, 6.07) is 7.40. The minimum Gasteiger partial charge on any atom is -0.493 e. The topological polar surface area (TPSA) is 33.0 Å². The summed E-state index contributed by atoms with van der Waals surface area (Å²) in [7, 11) is 0. The lowest BCUT2D eigenvalue weighted by Crippen LogP contribution is -2.12. The Hall–Kier alpha value is -0.910. The van der Waals surface area contributed by atoms with Crippen LogP contribution in [-0.2, 0) is 0 Å². The van der Waals surface area contributed by atoms with Gasteiger partial charge in [-0.05, 0) is 25.0 Å². The van der Waals surface area contributed by atoms with Crippen molar-refractivity contribution in [3.05, 3.63) is 28.2 Å². The fourth-order valence-corrected chi connectivity index (χ4v) is 1.81. The Morgan fingerprint density at radius 3 is 2.62 bits per heavy atom. The molecular weight excluding hydrogens is 245 g/mol. The van der Waals surface area contributed by atoms with Crippen LogP contribution in [0.25, 0.3) is 0 Å². The molecule has 4 heteroatoms. The van der Waals surface area contributed by atoms with Crippen molar-refractivity contribution in [2.75, 3.05) is 6.61 Å². The van der Waals surface area contributed by atoms with Crippen molar-refractivity contribution in [1.82, 2.24) is 0 Å². The molecule has 0 aromatic heterocycles. The van der Waals surface area contributed by atoms with Gasteiger partial charge in [-0.1, -0.05) is 23.2 Å². The average Bonchev–Trinajstić information content (AvgIpc) is 3.01. The van der Waals surface area contributed by atoms with E-state index in [0.717, 1.165) is 12.8 Å². The van der Waals surface area contributed by atoms with Crippen molar-refractivity contribution >= 4 is 23.2 Å². The molecule has 1 fully saturated rings. The molecule has 0 spiro atoms. The van der Waals surface area contributed by atoms with Gasteiger partial charge in [-0.3, -0.25) is 0 Å². The summed E-state index contributed by atoms with van der Waals surface area (Å²) in [6.45, 7) is 0.582. The maximum Gasteiger partial charge on any atom is 0.120 e. The smallest absolute Gasteiger partial charge is 0.120 e. The minimum absolute atomic E-state index is 0.0842. The van der Waals surface area contributed by atoms with E-state index in [-0.39, 0.29) is 5.41 Å². The Morgan fingerprint density at radius 1 is 1.31 bits per heavy atom. The largest absolute Gasteiger partial charge is 0.493 e. The zero-order valence-electron chi connectivity index (χ0n) is 8.67. The molecular formula is C12H11Cl2NO. The van der Waals surface area contributed by atoms with Crippen molar-refractivity contribution in [3.8, 4) is 11.8 Å². The van der Waals surface area contributed by atoms with Crippen molar-refractivity contribution in [1.29, 1.82) is 5.26 Å². The number of hydrogen-bond acceptors (Lipinski definition) is 2. The SMILES string of the molecule is N#CCC1(COc2ccc(Cl)c(Cl)c2)CC1. The van der Waals surface area contributed by atoms with Gasteiger partial charge in [-0.2, -0.15) is 5.26 Å². The van der Waals surface area contributed by atoms with Gasteiger partial charge in [0.1, 0.15) is 5.75 Å². The highest BCUT2D eigenvalue weighted by atomic mass is 35.5. The van der Waals surface area contributed by atoms with Crippen molar-refractivity contribution in [2.45, 2.75) is 19.3 Å². The summed E-state index contributed by atoms with van der Waals surface area (Å²) in [5.74, 6) is 0.707. The van der Waals surface area contributed by atoms with Crippen LogP contribution in [0.5, 0.6) is 5.75 Å². The molecule has 1 aliphatic carbocycles. The molecule has 0 N–H and O–H groups in total. The first kappa shape index (κ1) is 11.6. The van der Waals surface area contributed by atoms with Crippen LogP contribution in [0.4, 0.5) is 0 Å². The standard InChI is InChI=1S/C12H11Cl2NO/c13-10-2-1-9(7-11(10)14)16-8-12(3-4-12)5-6-15/h1-2,7H,3-5,8H2. The zero-order valence-corrected chi connectivity index (χ0v) is 10.2. The van der Waals surface area contributed by atoms with Crippen LogP contribution in [0.2, 0.25) is 10.0 Å². The first-order valence-electron chi connectivity index (χ1n) is 5.10. The summed E-state index contributed by atoms with van der Waals surface area (Å²) in [5, 5.41) is 9.69. The third-order valence-corrected chi connectivity index (χ3v) is 3.59. The molecule has 84 valence electrons. The van der Waals surface area contributed by atoms with Crippen LogP contribution < -0.4 is 4.74 Å². The summed E-state index contributed by atoms with van der Waals surface area (Å²) in [6.07, 6.45) is 2.71. The van der Waals surface area contributed by atoms with Gasteiger partial charge in [0.25, 0.3) is 0 Å². The second-order valence-corrected chi connectivity index (χ2v) is 5.01. The highest BCUT2D eigenvalue weighted by Crippen LogP contribution is 2.48. The van der Waals surface area contributed by atoms with Gasteiger partial charge in [0.15, 0.2) is 0 Å². The van der Waals surface area contributed by atoms with Crippen molar-refractivity contribution < 1.29 is 4.74 Å². The number of ether oxygens (including phenoxy) is 1. The predicted octanol–water partition coefficient (Wildman–Crippen LogP) is 4.07. The maximum absolute atomic E-state index is 8.68. The minimum atomic E-state index is 0.0842. The number of halogens is 2.